The van der Waals surface area contributed by atoms with E-state index in [0.717, 1.165) is 40.8 Å². The summed E-state index contributed by atoms with van der Waals surface area (Å²) in [5.41, 5.74) is 2.43. The van der Waals surface area contributed by atoms with Crippen LogP contribution in [0.3, 0.4) is 0 Å². The number of benzene rings is 1. The Hall–Kier alpha value is -2.45. The Labute approximate surface area is 183 Å². The Balaban J connectivity index is 1.52. The molecule has 156 valence electrons. The molecule has 1 N–H and O–H groups in total. The summed E-state index contributed by atoms with van der Waals surface area (Å²) in [6.07, 6.45) is 4.33. The third-order valence-electron chi connectivity index (χ3n) is 5.09. The molecule has 0 bridgehead atoms. The zero-order chi connectivity index (χ0) is 21.1. The van der Waals surface area contributed by atoms with Gasteiger partial charge < -0.3 is 10.1 Å². The minimum absolute atomic E-state index is 0.167. The summed E-state index contributed by atoms with van der Waals surface area (Å²) in [6, 6.07) is 7.72. The molecule has 0 saturated heterocycles. The van der Waals surface area contributed by atoms with Crippen LogP contribution in [0.15, 0.2) is 35.6 Å². The summed E-state index contributed by atoms with van der Waals surface area (Å²) < 4.78 is 5.27. The van der Waals surface area contributed by atoms with Crippen LogP contribution >= 0.6 is 23.1 Å². The highest BCUT2D eigenvalue weighted by Gasteiger charge is 2.29. The van der Waals surface area contributed by atoms with Crippen molar-refractivity contribution in [2.45, 2.75) is 38.1 Å². The number of para-hydroxylation sites is 1. The average Bonchev–Trinajstić information content (AvgIpc) is 3.09. The molecule has 2 heterocycles. The fourth-order valence-electron chi connectivity index (χ4n) is 3.65. The topological polar surface area (TPSA) is 81.2 Å². The van der Waals surface area contributed by atoms with Gasteiger partial charge >= 0.3 is 5.97 Å². The standard InChI is InChI=1S/C22H23N3O3S2/c1-3-28-22(27)19-15-9-8-13(2)10-17(15)30-21(19)25-18(26)11-29-20-14-6-4-5-7-16(14)23-12-24-20/h4-7,12-13H,3,8-11H2,1-2H3,(H,25,26). The van der Waals surface area contributed by atoms with E-state index in [1.54, 1.807) is 6.92 Å². The first-order valence-corrected chi connectivity index (χ1v) is 11.8. The molecule has 0 saturated carbocycles. The molecule has 2 aromatic heterocycles. The number of nitrogens with one attached hydrogen (secondary N) is 1. The van der Waals surface area contributed by atoms with E-state index in [0.29, 0.717) is 23.1 Å². The molecular weight excluding hydrogens is 418 g/mol. The summed E-state index contributed by atoms with van der Waals surface area (Å²) >= 11 is 2.87. The lowest BCUT2D eigenvalue weighted by atomic mass is 9.88. The molecule has 1 aliphatic rings. The van der Waals surface area contributed by atoms with Crippen molar-refractivity contribution in [3.05, 3.63) is 46.6 Å². The van der Waals surface area contributed by atoms with Crippen molar-refractivity contribution in [2.75, 3.05) is 17.7 Å². The SMILES string of the molecule is CCOC(=O)c1c(NC(=O)CSc2ncnc3ccccc23)sc2c1CCC(C)C2. The molecular formula is C22H23N3O3S2. The van der Waals surface area contributed by atoms with E-state index in [1.165, 1.54) is 34.3 Å². The zero-order valence-corrected chi connectivity index (χ0v) is 18.6. The molecule has 0 fully saturated rings. The van der Waals surface area contributed by atoms with Crippen LogP contribution in [0, 0.1) is 5.92 Å². The van der Waals surface area contributed by atoms with Crippen LogP contribution in [-0.4, -0.2) is 34.2 Å². The Morgan fingerprint density at radius 1 is 1.30 bits per heavy atom. The molecule has 0 aliphatic heterocycles. The number of hydrogen-bond donors (Lipinski definition) is 1. The lowest BCUT2D eigenvalue weighted by Crippen LogP contribution is -2.17. The lowest BCUT2D eigenvalue weighted by Gasteiger charge is -2.18. The molecule has 1 aromatic carbocycles. The number of hydrogen-bond acceptors (Lipinski definition) is 7. The number of ether oxygens (including phenoxy) is 1. The normalized spacial score (nSPS) is 15.6. The van der Waals surface area contributed by atoms with Crippen molar-refractivity contribution >= 4 is 50.9 Å². The monoisotopic (exact) mass is 441 g/mol. The van der Waals surface area contributed by atoms with Crippen LogP contribution in [0.1, 0.15) is 41.1 Å². The summed E-state index contributed by atoms with van der Waals surface area (Å²) in [6.45, 7) is 4.32. The largest absolute Gasteiger partial charge is 0.462 e. The molecule has 1 unspecified atom stereocenters. The van der Waals surface area contributed by atoms with Gasteiger partial charge in [0.1, 0.15) is 16.4 Å². The first kappa shape index (κ1) is 20.8. The molecule has 8 heteroatoms. The Morgan fingerprint density at radius 3 is 2.97 bits per heavy atom. The molecule has 1 aliphatic carbocycles. The van der Waals surface area contributed by atoms with Crippen LogP contribution in [0.2, 0.25) is 0 Å². The van der Waals surface area contributed by atoms with Gasteiger partial charge in [-0.3, -0.25) is 4.79 Å². The second-order valence-corrected chi connectivity index (χ2v) is 9.38. The van der Waals surface area contributed by atoms with Crippen molar-refractivity contribution in [2.24, 2.45) is 5.92 Å². The van der Waals surface area contributed by atoms with Gasteiger partial charge in [-0.2, -0.15) is 0 Å². The van der Waals surface area contributed by atoms with Gasteiger partial charge in [-0.25, -0.2) is 14.8 Å². The first-order chi connectivity index (χ1) is 14.6. The number of carbonyl (C=O) groups excluding carboxylic acids is 2. The smallest absolute Gasteiger partial charge is 0.341 e. The van der Waals surface area contributed by atoms with E-state index in [2.05, 4.69) is 22.2 Å². The number of anilines is 1. The maximum Gasteiger partial charge on any atom is 0.341 e. The Bertz CT molecular complexity index is 1090. The number of thioether (sulfide) groups is 1. The highest BCUT2D eigenvalue weighted by molar-refractivity contribution is 8.00. The van der Waals surface area contributed by atoms with E-state index < -0.39 is 0 Å². The molecule has 1 atom stereocenters. The summed E-state index contributed by atoms with van der Waals surface area (Å²) in [5.74, 6) is 0.257. The summed E-state index contributed by atoms with van der Waals surface area (Å²) in [4.78, 5) is 35.1. The van der Waals surface area contributed by atoms with E-state index in [9.17, 15) is 9.59 Å². The second-order valence-electron chi connectivity index (χ2n) is 7.31. The maximum atomic E-state index is 12.7. The van der Waals surface area contributed by atoms with E-state index in [1.807, 2.05) is 24.3 Å². The highest BCUT2D eigenvalue weighted by Crippen LogP contribution is 2.40. The average molecular weight is 442 g/mol. The summed E-state index contributed by atoms with van der Waals surface area (Å²) in [5, 5.41) is 5.24. The van der Waals surface area contributed by atoms with E-state index in [-0.39, 0.29) is 17.6 Å². The maximum absolute atomic E-state index is 12.7. The van der Waals surface area contributed by atoms with E-state index >= 15 is 0 Å². The quantitative estimate of drug-likeness (QED) is 0.339. The van der Waals surface area contributed by atoms with Crippen molar-refractivity contribution in [3.8, 4) is 0 Å². The van der Waals surface area contributed by atoms with Crippen molar-refractivity contribution in [1.29, 1.82) is 0 Å². The highest BCUT2D eigenvalue weighted by atomic mass is 32.2. The number of carbonyl (C=O) groups is 2. The lowest BCUT2D eigenvalue weighted by molar-refractivity contribution is -0.113. The fourth-order valence-corrected chi connectivity index (χ4v) is 5.85. The zero-order valence-electron chi connectivity index (χ0n) is 16.9. The Morgan fingerprint density at radius 2 is 2.13 bits per heavy atom. The minimum atomic E-state index is -0.352. The number of aromatic nitrogens is 2. The summed E-state index contributed by atoms with van der Waals surface area (Å²) in [7, 11) is 0. The van der Waals surface area contributed by atoms with Crippen LogP contribution < -0.4 is 5.32 Å². The number of nitrogens with zero attached hydrogens (tertiary/aromatic N) is 2. The van der Waals surface area contributed by atoms with Crippen molar-refractivity contribution < 1.29 is 14.3 Å². The van der Waals surface area contributed by atoms with Gasteiger partial charge in [-0.1, -0.05) is 36.9 Å². The van der Waals surface area contributed by atoms with Gasteiger partial charge in [-0.05, 0) is 43.7 Å². The third kappa shape index (κ3) is 4.34. The predicted molar refractivity (Wildman–Crippen MR) is 120 cm³/mol. The molecule has 1 amide bonds. The molecule has 3 aromatic rings. The minimum Gasteiger partial charge on any atom is -0.462 e. The van der Waals surface area contributed by atoms with Crippen LogP contribution in [-0.2, 0) is 22.4 Å². The van der Waals surface area contributed by atoms with Crippen LogP contribution in [0.5, 0.6) is 0 Å². The van der Waals surface area contributed by atoms with Gasteiger partial charge in [-0.15, -0.1) is 11.3 Å². The third-order valence-corrected chi connectivity index (χ3v) is 7.27. The number of rotatable bonds is 6. The second kappa shape index (κ2) is 9.14. The van der Waals surface area contributed by atoms with E-state index in [4.69, 9.17) is 4.74 Å². The number of amides is 1. The van der Waals surface area contributed by atoms with Gasteiger partial charge in [0.05, 0.1) is 23.4 Å². The van der Waals surface area contributed by atoms with Crippen molar-refractivity contribution in [1.82, 2.24) is 9.97 Å². The molecule has 6 nitrogen and oxygen atoms in total. The number of thiophene rings is 1. The van der Waals surface area contributed by atoms with Gasteiger partial charge in [0.2, 0.25) is 5.91 Å². The molecule has 0 spiro atoms. The predicted octanol–water partition coefficient (Wildman–Crippen LogP) is 4.72. The van der Waals surface area contributed by atoms with Gasteiger partial charge in [0.15, 0.2) is 0 Å². The number of fused-ring (bicyclic) bond motifs is 2. The molecule has 4 rings (SSSR count). The number of esters is 1. The van der Waals surface area contributed by atoms with Crippen LogP contribution in [0.25, 0.3) is 10.9 Å². The fraction of sp³-hybridized carbons (Fsp3) is 0.364. The molecule has 0 radical (unpaired) electrons. The first-order valence-electron chi connectivity index (χ1n) is 10.0. The molecule has 30 heavy (non-hydrogen) atoms. The van der Waals surface area contributed by atoms with Gasteiger partial charge in [0, 0.05) is 10.3 Å². The van der Waals surface area contributed by atoms with Crippen LogP contribution in [0.4, 0.5) is 5.00 Å². The van der Waals surface area contributed by atoms with Crippen molar-refractivity contribution in [3.63, 3.8) is 0 Å². The van der Waals surface area contributed by atoms with Gasteiger partial charge in [0.25, 0.3) is 0 Å². The Kier molecular flexibility index (Phi) is 6.34.